The molecule has 0 radical (unpaired) electrons. The third-order valence-electron chi connectivity index (χ3n) is 2.46. The fourth-order valence-corrected chi connectivity index (χ4v) is 1.50. The Kier molecular flexibility index (Phi) is 6.54. The van der Waals surface area contributed by atoms with Crippen LogP contribution in [0.15, 0.2) is 18.2 Å². The number of methoxy groups -OCH3 is 2. The molecular weight excluding hydrogens is 218 g/mol. The van der Waals surface area contributed by atoms with Gasteiger partial charge in [-0.2, -0.15) is 0 Å². The van der Waals surface area contributed by atoms with E-state index in [0.717, 1.165) is 24.6 Å². The summed E-state index contributed by atoms with van der Waals surface area (Å²) in [6.45, 7) is 3.37. The Morgan fingerprint density at radius 1 is 1.18 bits per heavy atom. The highest BCUT2D eigenvalue weighted by Gasteiger charge is 2.07. The maximum atomic E-state index is 5.59. The van der Waals surface area contributed by atoms with Crippen molar-refractivity contribution in [1.29, 1.82) is 0 Å². The summed E-state index contributed by atoms with van der Waals surface area (Å²) >= 11 is 0. The standard InChI is InChI=1S/C12H21N3O2/c1-16-8-6-15(7-9-17-2)12-5-3-4-11(10-13)14-12/h3-5H,6-10,13H2,1-2H3. The third-order valence-corrected chi connectivity index (χ3v) is 2.46. The van der Waals surface area contributed by atoms with Gasteiger partial charge in [0.15, 0.2) is 0 Å². The van der Waals surface area contributed by atoms with Gasteiger partial charge < -0.3 is 20.1 Å². The molecule has 1 aromatic rings. The van der Waals surface area contributed by atoms with Gasteiger partial charge in [0.2, 0.25) is 0 Å². The highest BCUT2D eigenvalue weighted by Crippen LogP contribution is 2.11. The van der Waals surface area contributed by atoms with Crippen LogP contribution in [0.3, 0.4) is 0 Å². The number of hydrogen-bond donors (Lipinski definition) is 1. The van der Waals surface area contributed by atoms with E-state index in [4.69, 9.17) is 15.2 Å². The number of aromatic nitrogens is 1. The molecule has 1 rings (SSSR count). The quantitative estimate of drug-likeness (QED) is 0.721. The van der Waals surface area contributed by atoms with E-state index < -0.39 is 0 Å². The van der Waals surface area contributed by atoms with Crippen molar-refractivity contribution in [3.05, 3.63) is 23.9 Å². The maximum absolute atomic E-state index is 5.59. The summed E-state index contributed by atoms with van der Waals surface area (Å²) in [4.78, 5) is 6.62. The molecule has 2 N–H and O–H groups in total. The maximum Gasteiger partial charge on any atom is 0.129 e. The summed E-state index contributed by atoms with van der Waals surface area (Å²) in [5, 5.41) is 0. The number of anilines is 1. The van der Waals surface area contributed by atoms with E-state index >= 15 is 0 Å². The molecular formula is C12H21N3O2. The monoisotopic (exact) mass is 239 g/mol. The molecule has 17 heavy (non-hydrogen) atoms. The first-order valence-corrected chi connectivity index (χ1v) is 5.70. The van der Waals surface area contributed by atoms with E-state index in [0.29, 0.717) is 19.8 Å². The molecule has 0 bridgehead atoms. The third kappa shape index (κ3) is 4.68. The molecule has 0 saturated carbocycles. The van der Waals surface area contributed by atoms with Crippen LogP contribution in [0.4, 0.5) is 5.82 Å². The number of nitrogens with zero attached hydrogens (tertiary/aromatic N) is 2. The van der Waals surface area contributed by atoms with Crippen LogP contribution in [0.5, 0.6) is 0 Å². The fraction of sp³-hybridized carbons (Fsp3) is 0.583. The molecule has 1 aromatic heterocycles. The second-order valence-electron chi connectivity index (χ2n) is 3.66. The smallest absolute Gasteiger partial charge is 0.129 e. The van der Waals surface area contributed by atoms with Crippen molar-refractivity contribution in [2.75, 3.05) is 45.4 Å². The summed E-state index contributed by atoms with van der Waals surface area (Å²) in [7, 11) is 3.39. The lowest BCUT2D eigenvalue weighted by Crippen LogP contribution is -2.31. The van der Waals surface area contributed by atoms with Crippen molar-refractivity contribution in [2.45, 2.75) is 6.54 Å². The van der Waals surface area contributed by atoms with Crippen molar-refractivity contribution < 1.29 is 9.47 Å². The molecule has 0 unspecified atom stereocenters. The minimum atomic E-state index is 0.455. The minimum absolute atomic E-state index is 0.455. The zero-order valence-corrected chi connectivity index (χ0v) is 10.6. The predicted octanol–water partition coefficient (Wildman–Crippen LogP) is 0.639. The highest BCUT2D eigenvalue weighted by atomic mass is 16.5. The van der Waals surface area contributed by atoms with Crippen molar-refractivity contribution in [2.24, 2.45) is 5.73 Å². The number of hydrogen-bond acceptors (Lipinski definition) is 5. The fourth-order valence-electron chi connectivity index (χ4n) is 1.50. The summed E-state index contributed by atoms with van der Waals surface area (Å²) in [6, 6.07) is 5.87. The van der Waals surface area contributed by atoms with Gasteiger partial charge >= 0.3 is 0 Å². The second kappa shape index (κ2) is 8.00. The van der Waals surface area contributed by atoms with Crippen molar-refractivity contribution in [3.63, 3.8) is 0 Å². The molecule has 0 aromatic carbocycles. The van der Waals surface area contributed by atoms with Crippen molar-refractivity contribution in [1.82, 2.24) is 4.98 Å². The van der Waals surface area contributed by atoms with Gasteiger partial charge in [0, 0.05) is 33.9 Å². The van der Waals surface area contributed by atoms with Crippen LogP contribution >= 0.6 is 0 Å². The molecule has 1 heterocycles. The van der Waals surface area contributed by atoms with Gasteiger partial charge in [0.05, 0.1) is 18.9 Å². The van der Waals surface area contributed by atoms with Crippen molar-refractivity contribution in [3.8, 4) is 0 Å². The SMILES string of the molecule is COCCN(CCOC)c1cccc(CN)n1. The molecule has 96 valence electrons. The first kappa shape index (κ1) is 13.9. The van der Waals surface area contributed by atoms with Crippen LogP contribution in [-0.4, -0.2) is 45.5 Å². The molecule has 5 nitrogen and oxygen atoms in total. The van der Waals surface area contributed by atoms with Crippen LogP contribution in [-0.2, 0) is 16.0 Å². The van der Waals surface area contributed by atoms with Crippen LogP contribution in [0, 0.1) is 0 Å². The number of rotatable bonds is 8. The highest BCUT2D eigenvalue weighted by molar-refractivity contribution is 5.39. The predicted molar refractivity (Wildman–Crippen MR) is 68.1 cm³/mol. The molecule has 0 amide bonds. The van der Waals surface area contributed by atoms with Gasteiger partial charge in [-0.15, -0.1) is 0 Å². The van der Waals surface area contributed by atoms with Gasteiger partial charge in [-0.05, 0) is 12.1 Å². The average Bonchev–Trinajstić information content (AvgIpc) is 2.39. The number of nitrogens with two attached hydrogens (primary N) is 1. The van der Waals surface area contributed by atoms with Gasteiger partial charge in [-0.3, -0.25) is 0 Å². The Morgan fingerprint density at radius 2 is 1.82 bits per heavy atom. The first-order valence-electron chi connectivity index (χ1n) is 5.70. The van der Waals surface area contributed by atoms with Crippen molar-refractivity contribution >= 4 is 5.82 Å². The van der Waals surface area contributed by atoms with E-state index in [9.17, 15) is 0 Å². The Morgan fingerprint density at radius 3 is 2.35 bits per heavy atom. The van der Waals surface area contributed by atoms with E-state index in [2.05, 4.69) is 9.88 Å². The Hall–Kier alpha value is -1.17. The summed E-state index contributed by atoms with van der Waals surface area (Å²) < 4.78 is 10.2. The lowest BCUT2D eigenvalue weighted by molar-refractivity contribution is 0.190. The van der Waals surface area contributed by atoms with E-state index in [1.54, 1.807) is 14.2 Å². The molecule has 0 aliphatic carbocycles. The van der Waals surface area contributed by atoms with Crippen LogP contribution in [0.25, 0.3) is 0 Å². The Balaban J connectivity index is 2.71. The van der Waals surface area contributed by atoms with Gasteiger partial charge in [0.1, 0.15) is 5.82 Å². The van der Waals surface area contributed by atoms with Gasteiger partial charge in [-0.1, -0.05) is 6.07 Å². The molecule has 0 spiro atoms. The van der Waals surface area contributed by atoms with Crippen LogP contribution < -0.4 is 10.6 Å². The zero-order chi connectivity index (χ0) is 12.5. The van der Waals surface area contributed by atoms with Crippen LogP contribution in [0.2, 0.25) is 0 Å². The molecule has 0 fully saturated rings. The summed E-state index contributed by atoms with van der Waals surface area (Å²) in [5.41, 5.74) is 6.48. The normalized spacial score (nSPS) is 10.5. The Bertz CT molecular complexity index is 312. The molecule has 5 heteroatoms. The largest absolute Gasteiger partial charge is 0.383 e. The molecule has 0 atom stereocenters. The van der Waals surface area contributed by atoms with Gasteiger partial charge in [-0.25, -0.2) is 4.98 Å². The topological polar surface area (TPSA) is 60.6 Å². The minimum Gasteiger partial charge on any atom is -0.383 e. The molecule has 0 aliphatic heterocycles. The van der Waals surface area contributed by atoms with E-state index in [1.165, 1.54) is 0 Å². The zero-order valence-electron chi connectivity index (χ0n) is 10.6. The summed E-state index contributed by atoms with van der Waals surface area (Å²) in [5.74, 6) is 0.919. The number of ether oxygens (including phenoxy) is 2. The van der Waals surface area contributed by atoms with Crippen LogP contribution in [0.1, 0.15) is 5.69 Å². The lowest BCUT2D eigenvalue weighted by atomic mass is 10.3. The Labute approximate surface area is 103 Å². The van der Waals surface area contributed by atoms with Gasteiger partial charge in [0.25, 0.3) is 0 Å². The molecule has 0 aliphatic rings. The average molecular weight is 239 g/mol. The van der Waals surface area contributed by atoms with E-state index in [-0.39, 0.29) is 0 Å². The first-order chi connectivity index (χ1) is 8.31. The molecule has 0 saturated heterocycles. The van der Waals surface area contributed by atoms with E-state index in [1.807, 2.05) is 18.2 Å². The second-order valence-corrected chi connectivity index (χ2v) is 3.66. The number of pyridine rings is 1. The summed E-state index contributed by atoms with van der Waals surface area (Å²) in [6.07, 6.45) is 0. The lowest BCUT2D eigenvalue weighted by Gasteiger charge is -2.23.